The van der Waals surface area contributed by atoms with Crippen molar-refractivity contribution >= 4 is 17.9 Å². The van der Waals surface area contributed by atoms with Crippen LogP contribution >= 0.6 is 0 Å². The molecule has 0 atom stereocenters. The molecule has 0 aliphatic carbocycles. The molecule has 2 fully saturated rings. The maximum Gasteiger partial charge on any atom is 0.409 e. The minimum absolute atomic E-state index is 0.333. The zero-order chi connectivity index (χ0) is 15.2. The summed E-state index contributed by atoms with van der Waals surface area (Å²) in [7, 11) is 0. The third-order valence-corrected chi connectivity index (χ3v) is 3.68. The van der Waals surface area contributed by atoms with Crippen LogP contribution in [0.1, 0.15) is 6.92 Å². The topological polar surface area (TPSA) is 82.2 Å². The summed E-state index contributed by atoms with van der Waals surface area (Å²) < 4.78 is 4.92. The second-order valence-electron chi connectivity index (χ2n) is 5.02. The molecular weight excluding hydrogens is 276 g/mol. The van der Waals surface area contributed by atoms with Crippen molar-refractivity contribution in [3.05, 3.63) is 0 Å². The Bertz CT molecular complexity index is 401. The van der Waals surface area contributed by atoms with Crippen molar-refractivity contribution in [1.29, 1.82) is 0 Å². The predicted octanol–water partition coefficient (Wildman–Crippen LogP) is -1.28. The van der Waals surface area contributed by atoms with Gasteiger partial charge in [0.05, 0.1) is 6.61 Å². The van der Waals surface area contributed by atoms with Crippen molar-refractivity contribution in [2.75, 3.05) is 59.0 Å². The number of hydrogen-bond acceptors (Lipinski definition) is 5. The van der Waals surface area contributed by atoms with Crippen molar-refractivity contribution < 1.29 is 19.1 Å². The number of piperazine rings is 2. The number of nitrogens with zero attached hydrogens (tertiary/aromatic N) is 3. The Morgan fingerprint density at radius 1 is 0.857 bits per heavy atom. The summed E-state index contributed by atoms with van der Waals surface area (Å²) in [4.78, 5) is 40.5. The second-order valence-corrected chi connectivity index (χ2v) is 5.02. The van der Waals surface area contributed by atoms with Gasteiger partial charge in [-0.2, -0.15) is 0 Å². The van der Waals surface area contributed by atoms with E-state index in [9.17, 15) is 14.4 Å². The molecule has 8 nitrogen and oxygen atoms in total. The van der Waals surface area contributed by atoms with E-state index in [0.29, 0.717) is 45.9 Å². The van der Waals surface area contributed by atoms with E-state index >= 15 is 0 Å². The lowest BCUT2D eigenvalue weighted by atomic mass is 10.3. The molecule has 8 heteroatoms. The van der Waals surface area contributed by atoms with Crippen LogP contribution in [-0.2, 0) is 14.3 Å². The molecule has 0 saturated carbocycles. The summed E-state index contributed by atoms with van der Waals surface area (Å²) in [6.45, 7) is 6.19. The normalized spacial score (nSPS) is 19.4. The van der Waals surface area contributed by atoms with Crippen molar-refractivity contribution in [2.45, 2.75) is 6.92 Å². The van der Waals surface area contributed by atoms with Gasteiger partial charge in [0, 0.05) is 52.4 Å². The molecule has 3 amide bonds. The Hall–Kier alpha value is -1.83. The highest BCUT2D eigenvalue weighted by molar-refractivity contribution is 6.34. The Labute approximate surface area is 124 Å². The number of rotatable bonds is 1. The summed E-state index contributed by atoms with van der Waals surface area (Å²) >= 11 is 0. The van der Waals surface area contributed by atoms with Crippen molar-refractivity contribution in [3.63, 3.8) is 0 Å². The zero-order valence-corrected chi connectivity index (χ0v) is 12.3. The van der Waals surface area contributed by atoms with Crippen LogP contribution in [0.3, 0.4) is 0 Å². The molecule has 0 aromatic heterocycles. The molecule has 0 radical (unpaired) electrons. The van der Waals surface area contributed by atoms with Crippen LogP contribution in [0.25, 0.3) is 0 Å². The Morgan fingerprint density at radius 2 is 1.33 bits per heavy atom. The summed E-state index contributed by atoms with van der Waals surface area (Å²) in [6.07, 6.45) is -0.363. The van der Waals surface area contributed by atoms with E-state index in [1.807, 2.05) is 0 Å². The SMILES string of the molecule is CCOC(=O)N1CCN(C(=O)C(=O)N2CCNCC2)CC1. The van der Waals surface area contributed by atoms with Crippen molar-refractivity contribution in [1.82, 2.24) is 20.0 Å². The largest absolute Gasteiger partial charge is 0.450 e. The van der Waals surface area contributed by atoms with E-state index in [1.165, 1.54) is 4.90 Å². The van der Waals surface area contributed by atoms with Gasteiger partial charge in [0.2, 0.25) is 0 Å². The fourth-order valence-corrected chi connectivity index (χ4v) is 2.45. The van der Waals surface area contributed by atoms with Crippen LogP contribution in [0, 0.1) is 0 Å². The molecule has 2 rings (SSSR count). The van der Waals surface area contributed by atoms with Gasteiger partial charge in [0.15, 0.2) is 0 Å². The molecule has 0 spiro atoms. The van der Waals surface area contributed by atoms with E-state index in [4.69, 9.17) is 4.74 Å². The first kappa shape index (κ1) is 15.6. The van der Waals surface area contributed by atoms with Gasteiger partial charge in [-0.05, 0) is 6.92 Å². The average Bonchev–Trinajstić information content (AvgIpc) is 2.54. The van der Waals surface area contributed by atoms with Gasteiger partial charge >= 0.3 is 17.9 Å². The first-order chi connectivity index (χ1) is 10.1. The molecule has 1 N–H and O–H groups in total. The molecule has 21 heavy (non-hydrogen) atoms. The van der Waals surface area contributed by atoms with Crippen LogP contribution in [0.5, 0.6) is 0 Å². The van der Waals surface area contributed by atoms with Crippen molar-refractivity contribution in [3.8, 4) is 0 Å². The summed E-state index contributed by atoms with van der Waals surface area (Å²) in [5.74, 6) is -0.915. The molecule has 2 saturated heterocycles. The highest BCUT2D eigenvalue weighted by atomic mass is 16.6. The molecule has 0 bridgehead atoms. The third-order valence-electron chi connectivity index (χ3n) is 3.68. The van der Waals surface area contributed by atoms with E-state index in [2.05, 4.69) is 5.32 Å². The maximum atomic E-state index is 12.2. The van der Waals surface area contributed by atoms with Crippen LogP contribution in [0.15, 0.2) is 0 Å². The van der Waals surface area contributed by atoms with Gasteiger partial charge < -0.3 is 24.8 Å². The van der Waals surface area contributed by atoms with Gasteiger partial charge in [0.25, 0.3) is 0 Å². The lowest BCUT2D eigenvalue weighted by molar-refractivity contribution is -0.153. The standard InChI is InChI=1S/C13H22N4O4/c1-2-21-13(20)17-9-7-16(8-10-17)12(19)11(18)15-5-3-14-4-6-15/h14H,2-10H2,1H3. The molecule has 2 aliphatic heterocycles. The maximum absolute atomic E-state index is 12.2. The number of amides is 3. The van der Waals surface area contributed by atoms with Gasteiger partial charge in [0.1, 0.15) is 0 Å². The fraction of sp³-hybridized carbons (Fsp3) is 0.769. The molecular formula is C13H22N4O4. The van der Waals surface area contributed by atoms with Gasteiger partial charge in [-0.15, -0.1) is 0 Å². The Morgan fingerprint density at radius 3 is 1.86 bits per heavy atom. The minimum Gasteiger partial charge on any atom is -0.450 e. The van der Waals surface area contributed by atoms with Crippen LogP contribution < -0.4 is 5.32 Å². The molecule has 0 aromatic rings. The Kier molecular flexibility index (Phi) is 5.38. The molecule has 118 valence electrons. The predicted molar refractivity (Wildman–Crippen MR) is 74.6 cm³/mol. The zero-order valence-electron chi connectivity index (χ0n) is 12.3. The minimum atomic E-state index is -0.472. The molecule has 0 aromatic carbocycles. The lowest BCUT2D eigenvalue weighted by Crippen LogP contribution is -2.56. The van der Waals surface area contributed by atoms with E-state index in [1.54, 1.807) is 16.7 Å². The van der Waals surface area contributed by atoms with Gasteiger partial charge in [-0.1, -0.05) is 0 Å². The number of carbonyl (C=O) groups is 3. The molecule has 2 aliphatic rings. The monoisotopic (exact) mass is 298 g/mol. The summed E-state index contributed by atoms with van der Waals surface area (Å²) in [6, 6.07) is 0. The van der Waals surface area contributed by atoms with Crippen molar-refractivity contribution in [2.24, 2.45) is 0 Å². The summed E-state index contributed by atoms with van der Waals surface area (Å²) in [5.41, 5.74) is 0. The number of carbonyl (C=O) groups excluding carboxylic acids is 3. The quantitative estimate of drug-likeness (QED) is 0.610. The van der Waals surface area contributed by atoms with E-state index < -0.39 is 11.8 Å². The lowest BCUT2D eigenvalue weighted by Gasteiger charge is -2.35. The molecule has 0 unspecified atom stereocenters. The highest BCUT2D eigenvalue weighted by Crippen LogP contribution is 2.06. The van der Waals surface area contributed by atoms with Gasteiger partial charge in [-0.3, -0.25) is 9.59 Å². The first-order valence-corrected chi connectivity index (χ1v) is 7.34. The summed E-state index contributed by atoms with van der Waals surface area (Å²) in [5, 5.41) is 3.14. The molecule has 2 heterocycles. The van der Waals surface area contributed by atoms with Crippen LogP contribution in [0.4, 0.5) is 4.79 Å². The van der Waals surface area contributed by atoms with Crippen LogP contribution in [0.2, 0.25) is 0 Å². The van der Waals surface area contributed by atoms with Gasteiger partial charge in [-0.25, -0.2) is 4.79 Å². The average molecular weight is 298 g/mol. The second kappa shape index (κ2) is 7.26. The smallest absolute Gasteiger partial charge is 0.409 e. The number of nitrogens with one attached hydrogen (secondary N) is 1. The fourth-order valence-electron chi connectivity index (χ4n) is 2.45. The number of ether oxygens (including phenoxy) is 1. The number of hydrogen-bond donors (Lipinski definition) is 1. The first-order valence-electron chi connectivity index (χ1n) is 7.34. The van der Waals surface area contributed by atoms with Crippen LogP contribution in [-0.4, -0.2) is 91.6 Å². The van der Waals surface area contributed by atoms with E-state index in [0.717, 1.165) is 13.1 Å². The third kappa shape index (κ3) is 3.84. The van der Waals surface area contributed by atoms with E-state index in [-0.39, 0.29) is 6.09 Å². The Balaban J connectivity index is 1.82. The highest BCUT2D eigenvalue weighted by Gasteiger charge is 2.31.